The number of hydrogen-bond acceptors (Lipinski definition) is 4. The molecule has 0 amide bonds. The van der Waals surface area contributed by atoms with Crippen molar-refractivity contribution in [2.24, 2.45) is 0 Å². The van der Waals surface area contributed by atoms with Gasteiger partial charge >= 0.3 is 5.97 Å². The fourth-order valence-corrected chi connectivity index (χ4v) is 3.46. The van der Waals surface area contributed by atoms with Gasteiger partial charge in [-0.3, -0.25) is 4.68 Å². The number of aryl methyl sites for hydroxylation is 2. The minimum atomic E-state index is -1.02. The Hall–Kier alpha value is -2.08. The van der Waals surface area contributed by atoms with Gasteiger partial charge < -0.3 is 14.3 Å². The van der Waals surface area contributed by atoms with Crippen LogP contribution in [0.2, 0.25) is 0 Å². The molecular formula is C16H18N2O4. The Bertz CT molecular complexity index is 738. The van der Waals surface area contributed by atoms with Crippen LogP contribution in [0.15, 0.2) is 10.6 Å². The van der Waals surface area contributed by atoms with Gasteiger partial charge in [0.25, 0.3) is 0 Å². The monoisotopic (exact) mass is 302 g/mol. The van der Waals surface area contributed by atoms with Gasteiger partial charge in [-0.2, -0.15) is 5.10 Å². The Kier molecular flexibility index (Phi) is 3.07. The van der Waals surface area contributed by atoms with Crippen molar-refractivity contribution in [2.45, 2.75) is 45.3 Å². The molecule has 0 unspecified atom stereocenters. The normalized spacial score (nSPS) is 20.0. The van der Waals surface area contributed by atoms with Crippen LogP contribution in [0.3, 0.4) is 0 Å². The number of aromatic carboxylic acids is 1. The SMILES string of the molecule is Cc1c(C(=O)O)oc2c1-c1nn(C[C@H]3CCCO3)cc1CC2. The lowest BCUT2D eigenvalue weighted by molar-refractivity contribution is 0.0659. The van der Waals surface area contributed by atoms with Crippen LogP contribution in [0.1, 0.15) is 40.3 Å². The van der Waals surface area contributed by atoms with E-state index < -0.39 is 5.97 Å². The smallest absolute Gasteiger partial charge is 0.372 e. The van der Waals surface area contributed by atoms with E-state index in [1.54, 1.807) is 6.92 Å². The first-order valence-electron chi connectivity index (χ1n) is 7.67. The maximum atomic E-state index is 11.3. The van der Waals surface area contributed by atoms with E-state index in [1.807, 2.05) is 4.68 Å². The van der Waals surface area contributed by atoms with Crippen molar-refractivity contribution in [3.05, 3.63) is 28.8 Å². The van der Waals surface area contributed by atoms with Gasteiger partial charge in [0.2, 0.25) is 5.76 Å². The quantitative estimate of drug-likeness (QED) is 0.942. The number of hydrogen-bond donors (Lipinski definition) is 1. The first kappa shape index (κ1) is 13.6. The van der Waals surface area contributed by atoms with Gasteiger partial charge in [0, 0.05) is 30.4 Å². The third kappa shape index (κ3) is 2.06. The number of furan rings is 1. The minimum absolute atomic E-state index is 0.0338. The van der Waals surface area contributed by atoms with E-state index in [1.165, 1.54) is 0 Å². The summed E-state index contributed by atoms with van der Waals surface area (Å²) >= 11 is 0. The molecule has 22 heavy (non-hydrogen) atoms. The number of nitrogens with zero attached hydrogens (tertiary/aromatic N) is 2. The summed E-state index contributed by atoms with van der Waals surface area (Å²) in [5.41, 5.74) is 3.56. The van der Waals surface area contributed by atoms with E-state index in [0.717, 1.165) is 61.4 Å². The van der Waals surface area contributed by atoms with Crippen LogP contribution in [0.4, 0.5) is 0 Å². The Balaban J connectivity index is 1.71. The second-order valence-corrected chi connectivity index (χ2v) is 6.02. The van der Waals surface area contributed by atoms with E-state index in [-0.39, 0.29) is 11.9 Å². The van der Waals surface area contributed by atoms with E-state index >= 15 is 0 Å². The predicted octanol–water partition coefficient (Wildman–Crippen LogP) is 2.43. The average molecular weight is 302 g/mol. The average Bonchev–Trinajstić information content (AvgIpc) is 3.17. The summed E-state index contributed by atoms with van der Waals surface area (Å²) in [6.45, 7) is 3.38. The molecule has 6 nitrogen and oxygen atoms in total. The molecule has 1 N–H and O–H groups in total. The summed E-state index contributed by atoms with van der Waals surface area (Å²) < 4.78 is 13.1. The summed E-state index contributed by atoms with van der Waals surface area (Å²) in [5, 5.41) is 13.9. The zero-order valence-electron chi connectivity index (χ0n) is 12.5. The number of carboxylic acid groups (broad SMARTS) is 1. The van der Waals surface area contributed by atoms with E-state index in [2.05, 4.69) is 11.3 Å². The lowest BCUT2D eigenvalue weighted by Gasteiger charge is -2.09. The van der Waals surface area contributed by atoms with Gasteiger partial charge in [0.15, 0.2) is 0 Å². The molecule has 3 heterocycles. The molecule has 1 saturated heterocycles. The zero-order chi connectivity index (χ0) is 15.3. The van der Waals surface area contributed by atoms with Crippen LogP contribution in [0, 0.1) is 6.92 Å². The third-order valence-electron chi connectivity index (χ3n) is 4.52. The predicted molar refractivity (Wildman–Crippen MR) is 78.0 cm³/mol. The Labute approximate surface area is 127 Å². The van der Waals surface area contributed by atoms with Crippen LogP contribution in [-0.4, -0.2) is 33.6 Å². The van der Waals surface area contributed by atoms with E-state index in [0.29, 0.717) is 5.56 Å². The molecule has 1 aliphatic heterocycles. The summed E-state index contributed by atoms with van der Waals surface area (Å²) in [7, 11) is 0. The Morgan fingerprint density at radius 2 is 2.36 bits per heavy atom. The molecule has 0 spiro atoms. The Morgan fingerprint density at radius 1 is 1.50 bits per heavy atom. The second-order valence-electron chi connectivity index (χ2n) is 6.02. The van der Waals surface area contributed by atoms with Crippen molar-refractivity contribution >= 4 is 5.97 Å². The number of ether oxygens (including phenoxy) is 1. The molecule has 2 aromatic rings. The molecular weight excluding hydrogens is 284 g/mol. The van der Waals surface area contributed by atoms with Crippen molar-refractivity contribution in [1.82, 2.24) is 9.78 Å². The van der Waals surface area contributed by atoms with Crippen LogP contribution in [-0.2, 0) is 24.1 Å². The Morgan fingerprint density at radius 3 is 3.09 bits per heavy atom. The van der Waals surface area contributed by atoms with Crippen LogP contribution >= 0.6 is 0 Å². The van der Waals surface area contributed by atoms with Crippen molar-refractivity contribution in [3.63, 3.8) is 0 Å². The maximum Gasteiger partial charge on any atom is 0.372 e. The first-order valence-corrected chi connectivity index (χ1v) is 7.67. The molecule has 4 rings (SSSR count). The van der Waals surface area contributed by atoms with E-state index in [9.17, 15) is 9.90 Å². The standard InChI is InChI=1S/C16H18N2O4/c1-9-13-12(22-15(9)16(19)20)5-4-10-7-18(17-14(10)13)8-11-3-2-6-21-11/h7,11H,2-6,8H2,1H3,(H,19,20)/t11-/m1/s1. The highest BCUT2D eigenvalue weighted by molar-refractivity contribution is 5.90. The highest BCUT2D eigenvalue weighted by Crippen LogP contribution is 2.38. The van der Waals surface area contributed by atoms with Crippen molar-refractivity contribution in [1.29, 1.82) is 0 Å². The van der Waals surface area contributed by atoms with Crippen molar-refractivity contribution in [2.75, 3.05) is 6.61 Å². The number of carboxylic acids is 1. The maximum absolute atomic E-state index is 11.3. The molecule has 0 aromatic carbocycles. The molecule has 2 aliphatic rings. The fourth-order valence-electron chi connectivity index (χ4n) is 3.46. The number of rotatable bonds is 3. The van der Waals surface area contributed by atoms with Crippen LogP contribution in [0.5, 0.6) is 0 Å². The number of carbonyl (C=O) groups is 1. The van der Waals surface area contributed by atoms with Crippen LogP contribution in [0.25, 0.3) is 11.3 Å². The molecule has 6 heteroatoms. The number of aromatic nitrogens is 2. The van der Waals surface area contributed by atoms with Crippen molar-refractivity contribution in [3.8, 4) is 11.3 Å². The lowest BCUT2D eigenvalue weighted by atomic mass is 9.94. The zero-order valence-corrected chi connectivity index (χ0v) is 12.5. The van der Waals surface area contributed by atoms with Crippen LogP contribution < -0.4 is 0 Å². The minimum Gasteiger partial charge on any atom is -0.475 e. The second kappa shape index (κ2) is 4.98. The molecule has 2 aromatic heterocycles. The summed E-state index contributed by atoms with van der Waals surface area (Å²) in [6.07, 6.45) is 6.04. The molecule has 1 fully saturated rings. The van der Waals surface area contributed by atoms with Gasteiger partial charge in [-0.25, -0.2) is 4.79 Å². The summed E-state index contributed by atoms with van der Waals surface area (Å²) in [5.74, 6) is -0.247. The van der Waals surface area contributed by atoms with Gasteiger partial charge in [-0.1, -0.05) is 0 Å². The van der Waals surface area contributed by atoms with Crippen molar-refractivity contribution < 1.29 is 19.1 Å². The number of fused-ring (bicyclic) bond motifs is 3. The third-order valence-corrected chi connectivity index (χ3v) is 4.52. The molecule has 1 atom stereocenters. The van der Waals surface area contributed by atoms with Gasteiger partial charge in [0.05, 0.1) is 18.3 Å². The molecule has 0 bridgehead atoms. The first-order chi connectivity index (χ1) is 10.6. The molecule has 0 radical (unpaired) electrons. The van der Waals surface area contributed by atoms with Gasteiger partial charge in [0.1, 0.15) is 5.76 Å². The molecule has 116 valence electrons. The molecule has 0 saturated carbocycles. The highest BCUT2D eigenvalue weighted by Gasteiger charge is 2.30. The summed E-state index contributed by atoms with van der Waals surface area (Å²) in [6, 6.07) is 0. The largest absolute Gasteiger partial charge is 0.475 e. The fraction of sp³-hybridized carbons (Fsp3) is 0.500. The van der Waals surface area contributed by atoms with E-state index in [4.69, 9.17) is 9.15 Å². The lowest BCUT2D eigenvalue weighted by Crippen LogP contribution is -2.15. The highest BCUT2D eigenvalue weighted by atomic mass is 16.5. The van der Waals surface area contributed by atoms with Gasteiger partial charge in [-0.15, -0.1) is 0 Å². The summed E-state index contributed by atoms with van der Waals surface area (Å²) in [4.78, 5) is 11.3. The topological polar surface area (TPSA) is 77.5 Å². The molecule has 1 aliphatic carbocycles. The van der Waals surface area contributed by atoms with Gasteiger partial charge in [-0.05, 0) is 31.7 Å².